The molecule has 1 aliphatic rings. The van der Waals surface area contributed by atoms with Crippen molar-refractivity contribution in [2.75, 3.05) is 7.05 Å². The lowest BCUT2D eigenvalue weighted by atomic mass is 9.96. The maximum absolute atomic E-state index is 11.9. The molecule has 2 aromatic rings. The molecule has 6 atom stereocenters. The Hall–Kier alpha value is -2.49. The first-order valence-electron chi connectivity index (χ1n) is 9.70. The fourth-order valence-corrected chi connectivity index (χ4v) is 3.44. The second kappa shape index (κ2) is 9.11. The summed E-state index contributed by atoms with van der Waals surface area (Å²) in [7, 11) is 1.57. The lowest BCUT2D eigenvalue weighted by molar-refractivity contribution is -0.286. The van der Waals surface area contributed by atoms with Crippen LogP contribution in [0.2, 0.25) is 0 Å². The molecule has 0 spiro atoms. The minimum Gasteiger partial charge on any atom is -0.462 e. The molecule has 8 nitrogen and oxygen atoms in total. The van der Waals surface area contributed by atoms with Crippen molar-refractivity contribution in [3.63, 3.8) is 0 Å². The number of rotatable bonds is 5. The lowest BCUT2D eigenvalue weighted by Gasteiger charge is -2.41. The zero-order chi connectivity index (χ0) is 22.0. The molecular weight excluding hydrogens is 390 g/mol. The van der Waals surface area contributed by atoms with Crippen LogP contribution in [0.4, 0.5) is 0 Å². The maximum Gasteiger partial charge on any atom is 0.251 e. The zero-order valence-electron chi connectivity index (χ0n) is 17.0. The summed E-state index contributed by atoms with van der Waals surface area (Å²) in [5.41, 5.74) is 3.01. The number of nitrogens with one attached hydrogen (secondary N) is 1. The Morgan fingerprint density at radius 2 is 1.77 bits per heavy atom. The number of benzene rings is 2. The summed E-state index contributed by atoms with van der Waals surface area (Å²) in [6.45, 7) is 3.23. The molecule has 0 bridgehead atoms. The zero-order valence-corrected chi connectivity index (χ0v) is 17.0. The average molecular weight is 417 g/mol. The smallest absolute Gasteiger partial charge is 0.251 e. The van der Waals surface area contributed by atoms with Crippen LogP contribution in [0.25, 0.3) is 11.1 Å². The van der Waals surface area contributed by atoms with Gasteiger partial charge in [-0.25, -0.2) is 0 Å². The molecule has 0 aromatic heterocycles. The van der Waals surface area contributed by atoms with Crippen LogP contribution in [0.15, 0.2) is 42.5 Å². The van der Waals surface area contributed by atoms with Gasteiger partial charge in [0, 0.05) is 12.6 Å². The molecule has 1 amide bonds. The van der Waals surface area contributed by atoms with E-state index in [1.807, 2.05) is 19.1 Å². The molecule has 1 saturated heterocycles. The van der Waals surface area contributed by atoms with Crippen LogP contribution in [0.5, 0.6) is 5.75 Å². The highest BCUT2D eigenvalue weighted by Gasteiger charge is 2.46. The monoisotopic (exact) mass is 417 g/mol. The van der Waals surface area contributed by atoms with E-state index in [0.717, 1.165) is 16.7 Å². The first kappa shape index (κ1) is 22.2. The van der Waals surface area contributed by atoms with Crippen molar-refractivity contribution in [2.24, 2.45) is 0 Å². The molecule has 1 fully saturated rings. The van der Waals surface area contributed by atoms with E-state index in [0.29, 0.717) is 11.3 Å². The topological polar surface area (TPSA) is 128 Å². The third kappa shape index (κ3) is 4.48. The number of carbonyl (C=O) groups excluding carboxylic acids is 1. The number of aryl methyl sites for hydroxylation is 1. The standard InChI is InChI=1S/C22H27NO7/c1-11-9-14(13-5-4-6-15(10-13)21(28)23-3)7-8-16(11)29-22-19(27)17(25)18(26)20(30-22)12(2)24/h4-10,12,17-20,22,24-27H,1-3H3,(H,23,28)/t12-,17+,18-,19+,20+,22-/m0/s1. The van der Waals surface area contributed by atoms with Gasteiger partial charge < -0.3 is 35.2 Å². The van der Waals surface area contributed by atoms with Crippen LogP contribution < -0.4 is 10.1 Å². The van der Waals surface area contributed by atoms with Gasteiger partial charge in [-0.1, -0.05) is 18.2 Å². The van der Waals surface area contributed by atoms with Crippen molar-refractivity contribution in [1.29, 1.82) is 0 Å². The van der Waals surface area contributed by atoms with Crippen LogP contribution in [0, 0.1) is 6.92 Å². The second-order valence-corrected chi connectivity index (χ2v) is 7.44. The van der Waals surface area contributed by atoms with Crippen LogP contribution in [-0.2, 0) is 4.74 Å². The predicted molar refractivity (Wildman–Crippen MR) is 109 cm³/mol. The van der Waals surface area contributed by atoms with Gasteiger partial charge in [-0.15, -0.1) is 0 Å². The number of hydrogen-bond donors (Lipinski definition) is 5. The largest absolute Gasteiger partial charge is 0.462 e. The van der Waals surface area contributed by atoms with Crippen molar-refractivity contribution in [3.05, 3.63) is 53.6 Å². The summed E-state index contributed by atoms with van der Waals surface area (Å²) in [4.78, 5) is 11.9. The summed E-state index contributed by atoms with van der Waals surface area (Å²) in [6, 6.07) is 12.6. The summed E-state index contributed by atoms with van der Waals surface area (Å²) < 4.78 is 11.2. The molecule has 1 aliphatic heterocycles. The fourth-order valence-electron chi connectivity index (χ4n) is 3.44. The molecular formula is C22H27NO7. The first-order chi connectivity index (χ1) is 14.2. The number of carbonyl (C=O) groups is 1. The SMILES string of the molecule is CNC(=O)c1cccc(-c2ccc(O[C@H]3O[C@H]([C@H](C)O)[C@@H](O)[C@@H](O)[C@H]3O)c(C)c2)c1. The lowest BCUT2D eigenvalue weighted by Crippen LogP contribution is -2.61. The quantitative estimate of drug-likeness (QED) is 0.482. The molecule has 5 N–H and O–H groups in total. The highest BCUT2D eigenvalue weighted by Crippen LogP contribution is 2.30. The molecule has 0 radical (unpaired) electrons. The fraction of sp³-hybridized carbons (Fsp3) is 0.409. The van der Waals surface area contributed by atoms with Gasteiger partial charge in [-0.3, -0.25) is 4.79 Å². The molecule has 2 aromatic carbocycles. The van der Waals surface area contributed by atoms with Gasteiger partial charge in [0.25, 0.3) is 5.91 Å². The number of aliphatic hydroxyl groups is 4. The van der Waals surface area contributed by atoms with Crippen LogP contribution in [0.3, 0.4) is 0 Å². The Morgan fingerprint density at radius 3 is 2.40 bits per heavy atom. The molecule has 3 rings (SSSR count). The summed E-state index contributed by atoms with van der Waals surface area (Å²) in [5.74, 6) is 0.239. The maximum atomic E-state index is 11.9. The third-order valence-electron chi connectivity index (χ3n) is 5.19. The highest BCUT2D eigenvalue weighted by atomic mass is 16.7. The number of amides is 1. The van der Waals surface area contributed by atoms with E-state index >= 15 is 0 Å². The van der Waals surface area contributed by atoms with Crippen molar-refractivity contribution in [2.45, 2.75) is 50.7 Å². The van der Waals surface area contributed by atoms with E-state index in [-0.39, 0.29) is 5.91 Å². The van der Waals surface area contributed by atoms with Gasteiger partial charge >= 0.3 is 0 Å². The Kier molecular flexibility index (Phi) is 6.74. The molecule has 162 valence electrons. The molecule has 0 aliphatic carbocycles. The minimum atomic E-state index is -1.52. The van der Waals surface area contributed by atoms with Crippen LogP contribution in [0.1, 0.15) is 22.8 Å². The highest BCUT2D eigenvalue weighted by molar-refractivity contribution is 5.95. The summed E-state index contributed by atoms with van der Waals surface area (Å²) in [5, 5.41) is 42.6. The summed E-state index contributed by atoms with van der Waals surface area (Å²) in [6.07, 6.45) is -7.86. The molecule has 1 heterocycles. The molecule has 0 saturated carbocycles. The van der Waals surface area contributed by atoms with E-state index in [1.165, 1.54) is 6.92 Å². The van der Waals surface area contributed by atoms with Crippen LogP contribution >= 0.6 is 0 Å². The van der Waals surface area contributed by atoms with Gasteiger partial charge in [0.05, 0.1) is 6.10 Å². The van der Waals surface area contributed by atoms with E-state index in [1.54, 1.807) is 37.4 Å². The van der Waals surface area contributed by atoms with Gasteiger partial charge in [-0.2, -0.15) is 0 Å². The van der Waals surface area contributed by atoms with Crippen molar-refractivity contribution in [1.82, 2.24) is 5.32 Å². The Morgan fingerprint density at radius 1 is 1.07 bits per heavy atom. The van der Waals surface area contributed by atoms with E-state index in [4.69, 9.17) is 9.47 Å². The Bertz CT molecular complexity index is 901. The van der Waals surface area contributed by atoms with Crippen molar-refractivity contribution in [3.8, 4) is 16.9 Å². The Balaban J connectivity index is 1.81. The summed E-state index contributed by atoms with van der Waals surface area (Å²) >= 11 is 0. The van der Waals surface area contributed by atoms with Gasteiger partial charge in [-0.05, 0) is 54.8 Å². The normalized spacial score (nSPS) is 27.4. The second-order valence-electron chi connectivity index (χ2n) is 7.44. The van der Waals surface area contributed by atoms with E-state index in [2.05, 4.69) is 5.32 Å². The third-order valence-corrected chi connectivity index (χ3v) is 5.19. The minimum absolute atomic E-state index is 0.176. The van der Waals surface area contributed by atoms with Gasteiger partial charge in [0.1, 0.15) is 30.2 Å². The van der Waals surface area contributed by atoms with Gasteiger partial charge in [0.2, 0.25) is 6.29 Å². The molecule has 8 heteroatoms. The average Bonchev–Trinajstić information content (AvgIpc) is 2.74. The Labute approximate surface area is 174 Å². The first-order valence-corrected chi connectivity index (χ1v) is 9.70. The van der Waals surface area contributed by atoms with E-state index in [9.17, 15) is 25.2 Å². The number of ether oxygens (including phenoxy) is 2. The molecule has 30 heavy (non-hydrogen) atoms. The molecule has 0 unspecified atom stereocenters. The number of aliphatic hydroxyl groups excluding tert-OH is 4. The van der Waals surface area contributed by atoms with E-state index < -0.39 is 36.8 Å². The van der Waals surface area contributed by atoms with Crippen LogP contribution in [-0.4, -0.2) is 70.2 Å². The predicted octanol–water partition coefficient (Wildman–Crippen LogP) is 0.589. The van der Waals surface area contributed by atoms with Gasteiger partial charge in [0.15, 0.2) is 0 Å². The number of hydrogen-bond acceptors (Lipinski definition) is 7. The van der Waals surface area contributed by atoms with Crippen molar-refractivity contribution >= 4 is 5.91 Å². The van der Waals surface area contributed by atoms with Crippen molar-refractivity contribution < 1.29 is 34.7 Å².